The molecule has 0 amide bonds. The Kier molecular flexibility index (Phi) is 3.31. The van der Waals surface area contributed by atoms with Crippen LogP contribution in [0.25, 0.3) is 0 Å². The number of aliphatic imine (C=N–C) groups is 1. The van der Waals surface area contributed by atoms with Crippen LogP contribution in [0.5, 0.6) is 0 Å². The van der Waals surface area contributed by atoms with Crippen molar-refractivity contribution in [3.63, 3.8) is 0 Å². The molecule has 2 rings (SSSR count). The van der Waals surface area contributed by atoms with Gasteiger partial charge in [-0.1, -0.05) is 6.07 Å². The zero-order chi connectivity index (χ0) is 11.4. The van der Waals surface area contributed by atoms with Crippen LogP contribution < -0.4 is 5.73 Å². The molecule has 0 atom stereocenters. The van der Waals surface area contributed by atoms with Crippen molar-refractivity contribution < 1.29 is 4.74 Å². The monoisotopic (exact) mass is 217 g/mol. The lowest BCUT2D eigenvalue weighted by Gasteiger charge is -2.10. The topological polar surface area (TPSA) is 60.5 Å². The molecule has 0 aromatic carbocycles. The van der Waals surface area contributed by atoms with E-state index in [4.69, 9.17) is 10.5 Å². The quantitative estimate of drug-likeness (QED) is 0.836. The van der Waals surface area contributed by atoms with E-state index in [-0.39, 0.29) is 0 Å². The Morgan fingerprint density at radius 2 is 2.31 bits per heavy atom. The van der Waals surface area contributed by atoms with Crippen molar-refractivity contribution in [2.24, 2.45) is 10.7 Å². The predicted molar refractivity (Wildman–Crippen MR) is 63.0 cm³/mol. The number of nitrogens with zero attached hydrogens (tertiary/aromatic N) is 2. The van der Waals surface area contributed by atoms with Crippen LogP contribution in [0.2, 0.25) is 0 Å². The smallest absolute Gasteiger partial charge is 0.119 e. The van der Waals surface area contributed by atoms with Crippen LogP contribution in [0.1, 0.15) is 24.2 Å². The van der Waals surface area contributed by atoms with E-state index in [0.29, 0.717) is 12.4 Å². The van der Waals surface area contributed by atoms with Crippen LogP contribution in [0.4, 0.5) is 0 Å². The summed E-state index contributed by atoms with van der Waals surface area (Å²) in [7, 11) is 1.66. The van der Waals surface area contributed by atoms with E-state index >= 15 is 0 Å². The second-order valence-corrected chi connectivity index (χ2v) is 3.67. The van der Waals surface area contributed by atoms with Gasteiger partial charge in [0.1, 0.15) is 5.82 Å². The van der Waals surface area contributed by atoms with Crippen LogP contribution in [0.3, 0.4) is 0 Å². The number of pyridine rings is 1. The Labute approximate surface area is 94.9 Å². The summed E-state index contributed by atoms with van der Waals surface area (Å²) in [6.07, 6.45) is 3.76. The van der Waals surface area contributed by atoms with Crippen LogP contribution >= 0.6 is 0 Å². The van der Waals surface area contributed by atoms with E-state index in [1.807, 2.05) is 24.3 Å². The molecule has 4 heteroatoms. The highest BCUT2D eigenvalue weighted by Crippen LogP contribution is 2.13. The standard InChI is InChI=1S/C12H15N3O/c1-16-8-9-4-2-5-10(14-9)11-6-3-7-12(13)15-11/h2,4-5,7H,3,6,8,13H2,1H3. The Morgan fingerprint density at radius 1 is 1.44 bits per heavy atom. The maximum absolute atomic E-state index is 5.68. The molecule has 2 heterocycles. The van der Waals surface area contributed by atoms with E-state index < -0.39 is 0 Å². The molecular weight excluding hydrogens is 202 g/mol. The van der Waals surface area contributed by atoms with Crippen molar-refractivity contribution in [2.75, 3.05) is 7.11 Å². The molecule has 84 valence electrons. The number of hydrogen-bond donors (Lipinski definition) is 1. The minimum Gasteiger partial charge on any atom is -0.384 e. The average Bonchev–Trinajstić information content (AvgIpc) is 2.30. The minimum absolute atomic E-state index is 0.520. The van der Waals surface area contributed by atoms with Crippen LogP contribution in [0, 0.1) is 0 Å². The molecule has 0 saturated heterocycles. The highest BCUT2D eigenvalue weighted by atomic mass is 16.5. The third-order valence-electron chi connectivity index (χ3n) is 2.39. The molecule has 16 heavy (non-hydrogen) atoms. The number of ether oxygens (including phenoxy) is 1. The second kappa shape index (κ2) is 4.90. The molecule has 0 bridgehead atoms. The summed E-state index contributed by atoms with van der Waals surface area (Å²) in [5.41, 5.74) is 8.44. The van der Waals surface area contributed by atoms with Gasteiger partial charge in [-0.25, -0.2) is 9.98 Å². The zero-order valence-electron chi connectivity index (χ0n) is 9.31. The van der Waals surface area contributed by atoms with Crippen LogP contribution in [-0.4, -0.2) is 17.8 Å². The molecule has 1 aliphatic heterocycles. The molecule has 1 aromatic rings. The van der Waals surface area contributed by atoms with Crippen LogP contribution in [-0.2, 0) is 11.3 Å². The predicted octanol–water partition coefficient (Wildman–Crippen LogP) is 1.61. The summed E-state index contributed by atoms with van der Waals surface area (Å²) < 4.78 is 5.05. The minimum atomic E-state index is 0.520. The number of nitrogens with two attached hydrogens (primary N) is 1. The van der Waals surface area contributed by atoms with Gasteiger partial charge in [-0.3, -0.25) is 0 Å². The zero-order valence-corrected chi connectivity index (χ0v) is 9.31. The molecule has 0 saturated carbocycles. The fourth-order valence-electron chi connectivity index (χ4n) is 1.67. The van der Waals surface area contributed by atoms with Gasteiger partial charge in [0, 0.05) is 7.11 Å². The van der Waals surface area contributed by atoms with Gasteiger partial charge < -0.3 is 10.5 Å². The van der Waals surface area contributed by atoms with Gasteiger partial charge in [-0.15, -0.1) is 0 Å². The third-order valence-corrected chi connectivity index (χ3v) is 2.39. The third kappa shape index (κ3) is 2.46. The van der Waals surface area contributed by atoms with Crippen molar-refractivity contribution >= 4 is 5.71 Å². The summed E-state index contributed by atoms with van der Waals surface area (Å²) in [6.45, 7) is 0.520. The number of allylic oxidation sites excluding steroid dienone is 1. The van der Waals surface area contributed by atoms with Gasteiger partial charge in [0.15, 0.2) is 0 Å². The van der Waals surface area contributed by atoms with Crippen molar-refractivity contribution in [3.05, 3.63) is 41.5 Å². The molecule has 0 aliphatic carbocycles. The van der Waals surface area contributed by atoms with Gasteiger partial charge >= 0.3 is 0 Å². The summed E-state index contributed by atoms with van der Waals surface area (Å²) in [4.78, 5) is 8.79. The fourth-order valence-corrected chi connectivity index (χ4v) is 1.67. The summed E-state index contributed by atoms with van der Waals surface area (Å²) in [5, 5.41) is 0. The Balaban J connectivity index is 2.26. The van der Waals surface area contributed by atoms with Gasteiger partial charge in [0.25, 0.3) is 0 Å². The number of rotatable bonds is 3. The highest BCUT2D eigenvalue weighted by molar-refractivity contribution is 6.00. The first kappa shape index (κ1) is 10.8. The SMILES string of the molecule is COCc1cccc(C2=NC(N)=CCC2)n1. The first-order chi connectivity index (χ1) is 7.79. The Bertz CT molecular complexity index is 438. The largest absolute Gasteiger partial charge is 0.384 e. The average molecular weight is 217 g/mol. The van der Waals surface area contributed by atoms with Crippen LogP contribution in [0.15, 0.2) is 35.1 Å². The second-order valence-electron chi connectivity index (χ2n) is 3.67. The number of hydrogen-bond acceptors (Lipinski definition) is 4. The lowest BCUT2D eigenvalue weighted by Crippen LogP contribution is -2.11. The maximum Gasteiger partial charge on any atom is 0.119 e. The van der Waals surface area contributed by atoms with Gasteiger partial charge in [0.05, 0.1) is 23.7 Å². The molecule has 0 radical (unpaired) electrons. The molecule has 0 unspecified atom stereocenters. The number of aromatic nitrogens is 1. The van der Waals surface area contributed by atoms with Crippen molar-refractivity contribution in [3.8, 4) is 0 Å². The normalized spacial score (nSPS) is 15.6. The lowest BCUT2D eigenvalue weighted by molar-refractivity contribution is 0.181. The molecule has 1 aromatic heterocycles. The molecule has 0 fully saturated rings. The Hall–Kier alpha value is -1.68. The summed E-state index contributed by atoms with van der Waals surface area (Å²) >= 11 is 0. The van der Waals surface area contributed by atoms with Crippen molar-refractivity contribution in [2.45, 2.75) is 19.4 Å². The van der Waals surface area contributed by atoms with Crippen molar-refractivity contribution in [1.29, 1.82) is 0 Å². The summed E-state index contributed by atoms with van der Waals surface area (Å²) in [5.74, 6) is 0.584. The van der Waals surface area contributed by atoms with Gasteiger partial charge in [-0.05, 0) is 31.1 Å². The molecule has 2 N–H and O–H groups in total. The first-order valence-corrected chi connectivity index (χ1v) is 5.28. The van der Waals surface area contributed by atoms with Gasteiger partial charge in [-0.2, -0.15) is 0 Å². The van der Waals surface area contributed by atoms with Crippen molar-refractivity contribution in [1.82, 2.24) is 4.98 Å². The number of methoxy groups -OCH3 is 1. The highest BCUT2D eigenvalue weighted by Gasteiger charge is 2.09. The lowest BCUT2D eigenvalue weighted by atomic mass is 10.1. The van der Waals surface area contributed by atoms with E-state index in [9.17, 15) is 0 Å². The fraction of sp³-hybridized carbons (Fsp3) is 0.333. The molecular formula is C12H15N3O. The van der Waals surface area contributed by atoms with E-state index in [1.165, 1.54) is 0 Å². The molecule has 4 nitrogen and oxygen atoms in total. The first-order valence-electron chi connectivity index (χ1n) is 5.28. The summed E-state index contributed by atoms with van der Waals surface area (Å²) in [6, 6.07) is 5.86. The molecule has 0 spiro atoms. The van der Waals surface area contributed by atoms with Gasteiger partial charge in [0.2, 0.25) is 0 Å². The maximum atomic E-state index is 5.68. The van der Waals surface area contributed by atoms with E-state index in [0.717, 1.165) is 29.9 Å². The van der Waals surface area contributed by atoms with E-state index in [1.54, 1.807) is 7.11 Å². The molecule has 1 aliphatic rings. The Morgan fingerprint density at radius 3 is 3.06 bits per heavy atom. The van der Waals surface area contributed by atoms with E-state index in [2.05, 4.69) is 9.98 Å².